The van der Waals surface area contributed by atoms with E-state index >= 15 is 0 Å². The van der Waals surface area contributed by atoms with Crippen LogP contribution in [0.3, 0.4) is 0 Å². The highest BCUT2D eigenvalue weighted by Crippen LogP contribution is 2.32. The van der Waals surface area contributed by atoms with Gasteiger partial charge in [-0.05, 0) is 50.0 Å². The van der Waals surface area contributed by atoms with Gasteiger partial charge >= 0.3 is 0 Å². The summed E-state index contributed by atoms with van der Waals surface area (Å²) >= 11 is 5.93. The first-order chi connectivity index (χ1) is 7.22. The largest absolute Gasteiger partial charge is 0.297 e. The van der Waals surface area contributed by atoms with Crippen molar-refractivity contribution in [3.05, 3.63) is 28.5 Å². The summed E-state index contributed by atoms with van der Waals surface area (Å²) in [5.41, 5.74) is 2.40. The second-order valence-corrected chi connectivity index (χ2v) is 4.52. The summed E-state index contributed by atoms with van der Waals surface area (Å²) in [6.45, 7) is 6.56. The molecule has 0 spiro atoms. The Balaban J connectivity index is 2.25. The van der Waals surface area contributed by atoms with E-state index in [0.29, 0.717) is 11.2 Å². The smallest absolute Gasteiger partial charge is 0.131 e. The molecule has 0 aliphatic carbocycles. The van der Waals surface area contributed by atoms with E-state index in [2.05, 4.69) is 22.9 Å². The highest BCUT2D eigenvalue weighted by atomic mass is 35.5. The minimum Gasteiger partial charge on any atom is -0.297 e. The van der Waals surface area contributed by atoms with Crippen molar-refractivity contribution in [3.8, 4) is 0 Å². The van der Waals surface area contributed by atoms with E-state index in [-0.39, 0.29) is 0 Å². The van der Waals surface area contributed by atoms with Crippen molar-refractivity contribution in [3.63, 3.8) is 0 Å². The number of aromatic nitrogens is 1. The maximum atomic E-state index is 5.93. The van der Waals surface area contributed by atoms with Crippen molar-refractivity contribution in [2.24, 2.45) is 0 Å². The van der Waals surface area contributed by atoms with Gasteiger partial charge in [0.15, 0.2) is 0 Å². The lowest BCUT2D eigenvalue weighted by Crippen LogP contribution is -2.22. The number of rotatable bonds is 2. The number of aryl methyl sites for hydroxylation is 1. The molecule has 0 saturated carbocycles. The second kappa shape index (κ2) is 4.50. The molecular formula is C12H17ClN2. The van der Waals surface area contributed by atoms with Crippen LogP contribution in [0.1, 0.15) is 36.9 Å². The Labute approximate surface area is 96.3 Å². The van der Waals surface area contributed by atoms with Gasteiger partial charge in [0, 0.05) is 12.2 Å². The lowest BCUT2D eigenvalue weighted by molar-refractivity contribution is 0.271. The molecule has 0 unspecified atom stereocenters. The molecule has 15 heavy (non-hydrogen) atoms. The third kappa shape index (κ3) is 2.16. The maximum absolute atomic E-state index is 5.93. The van der Waals surface area contributed by atoms with Crippen LogP contribution in [-0.4, -0.2) is 23.0 Å². The monoisotopic (exact) mass is 224 g/mol. The quantitative estimate of drug-likeness (QED) is 0.718. The van der Waals surface area contributed by atoms with Crippen LogP contribution in [0.4, 0.5) is 0 Å². The molecule has 1 fully saturated rings. The average molecular weight is 225 g/mol. The SMILES string of the molecule is CCN1CCC[C@@H]1c1cnc(Cl)c(C)c1. The average Bonchev–Trinajstić information content (AvgIpc) is 2.70. The van der Waals surface area contributed by atoms with E-state index in [1.54, 1.807) is 0 Å². The fourth-order valence-corrected chi connectivity index (χ4v) is 2.45. The summed E-state index contributed by atoms with van der Waals surface area (Å²) in [7, 11) is 0. The maximum Gasteiger partial charge on any atom is 0.131 e. The Hall–Kier alpha value is -0.600. The number of hydrogen-bond donors (Lipinski definition) is 0. The van der Waals surface area contributed by atoms with Gasteiger partial charge in [-0.25, -0.2) is 4.98 Å². The Morgan fingerprint density at radius 2 is 2.40 bits per heavy atom. The summed E-state index contributed by atoms with van der Waals surface area (Å²) in [6, 6.07) is 2.73. The van der Waals surface area contributed by atoms with Gasteiger partial charge in [0.25, 0.3) is 0 Å². The molecular weight excluding hydrogens is 208 g/mol. The van der Waals surface area contributed by atoms with Gasteiger partial charge in [-0.3, -0.25) is 4.90 Å². The van der Waals surface area contributed by atoms with Crippen LogP contribution in [0.2, 0.25) is 5.15 Å². The van der Waals surface area contributed by atoms with Crippen LogP contribution < -0.4 is 0 Å². The number of likely N-dealkylation sites (tertiary alicyclic amines) is 1. The fraction of sp³-hybridized carbons (Fsp3) is 0.583. The molecule has 82 valence electrons. The first kappa shape index (κ1) is 10.9. The molecule has 0 amide bonds. The number of pyridine rings is 1. The van der Waals surface area contributed by atoms with E-state index in [0.717, 1.165) is 12.1 Å². The Kier molecular flexibility index (Phi) is 3.27. The van der Waals surface area contributed by atoms with E-state index in [1.165, 1.54) is 24.9 Å². The lowest BCUT2D eigenvalue weighted by Gasteiger charge is -2.23. The molecule has 2 heterocycles. The summed E-state index contributed by atoms with van der Waals surface area (Å²) in [5.74, 6) is 0. The molecule has 0 N–H and O–H groups in total. The van der Waals surface area contributed by atoms with E-state index in [1.807, 2.05) is 13.1 Å². The first-order valence-electron chi connectivity index (χ1n) is 5.58. The molecule has 0 bridgehead atoms. The number of nitrogens with zero attached hydrogens (tertiary/aromatic N) is 2. The summed E-state index contributed by atoms with van der Waals surface area (Å²) in [5, 5.41) is 0.625. The van der Waals surface area contributed by atoms with Gasteiger partial charge < -0.3 is 0 Å². The molecule has 0 radical (unpaired) electrons. The highest BCUT2D eigenvalue weighted by molar-refractivity contribution is 6.30. The molecule has 1 aliphatic heterocycles. The predicted molar refractivity (Wildman–Crippen MR) is 63.2 cm³/mol. The summed E-state index contributed by atoms with van der Waals surface area (Å²) < 4.78 is 0. The molecule has 3 heteroatoms. The summed E-state index contributed by atoms with van der Waals surface area (Å²) in [6.07, 6.45) is 4.46. The van der Waals surface area contributed by atoms with Crippen LogP contribution in [0.25, 0.3) is 0 Å². The van der Waals surface area contributed by atoms with Gasteiger partial charge in [0.2, 0.25) is 0 Å². The predicted octanol–water partition coefficient (Wildman–Crippen LogP) is 3.20. The van der Waals surface area contributed by atoms with Gasteiger partial charge in [-0.2, -0.15) is 0 Å². The van der Waals surface area contributed by atoms with Crippen LogP contribution >= 0.6 is 11.6 Å². The van der Waals surface area contributed by atoms with Gasteiger partial charge in [-0.15, -0.1) is 0 Å². The zero-order valence-corrected chi connectivity index (χ0v) is 10.1. The van der Waals surface area contributed by atoms with Crippen molar-refractivity contribution < 1.29 is 0 Å². The zero-order valence-electron chi connectivity index (χ0n) is 9.33. The molecule has 1 aromatic heterocycles. The third-order valence-corrected chi connectivity index (χ3v) is 3.59. The van der Waals surface area contributed by atoms with Crippen molar-refractivity contribution in [1.82, 2.24) is 9.88 Å². The van der Waals surface area contributed by atoms with Crippen molar-refractivity contribution >= 4 is 11.6 Å². The van der Waals surface area contributed by atoms with Gasteiger partial charge in [-0.1, -0.05) is 18.5 Å². The standard InChI is InChI=1S/C12H17ClN2/c1-3-15-6-4-5-11(15)10-7-9(2)12(13)14-8-10/h7-8,11H,3-6H2,1-2H3/t11-/m1/s1. The second-order valence-electron chi connectivity index (χ2n) is 4.16. The Morgan fingerprint density at radius 3 is 3.07 bits per heavy atom. The third-order valence-electron chi connectivity index (χ3n) is 3.19. The van der Waals surface area contributed by atoms with Gasteiger partial charge in [0.05, 0.1) is 0 Å². The summed E-state index contributed by atoms with van der Waals surface area (Å²) in [4.78, 5) is 6.74. The topological polar surface area (TPSA) is 16.1 Å². The van der Waals surface area contributed by atoms with Crippen LogP contribution in [0, 0.1) is 6.92 Å². The molecule has 1 aliphatic rings. The highest BCUT2D eigenvalue weighted by Gasteiger charge is 2.24. The first-order valence-corrected chi connectivity index (χ1v) is 5.96. The molecule has 1 saturated heterocycles. The van der Waals surface area contributed by atoms with Crippen molar-refractivity contribution in [1.29, 1.82) is 0 Å². The lowest BCUT2D eigenvalue weighted by atomic mass is 10.1. The number of halogens is 1. The van der Waals surface area contributed by atoms with Crippen LogP contribution in [0.15, 0.2) is 12.3 Å². The van der Waals surface area contributed by atoms with Crippen molar-refractivity contribution in [2.45, 2.75) is 32.7 Å². The Bertz CT molecular complexity index is 351. The molecule has 1 aromatic rings. The van der Waals surface area contributed by atoms with Gasteiger partial charge in [0.1, 0.15) is 5.15 Å². The molecule has 2 rings (SSSR count). The molecule has 1 atom stereocenters. The fourth-order valence-electron chi connectivity index (χ4n) is 2.34. The van der Waals surface area contributed by atoms with E-state index in [4.69, 9.17) is 11.6 Å². The molecule has 0 aromatic carbocycles. The normalized spacial score (nSPS) is 22.2. The van der Waals surface area contributed by atoms with Crippen molar-refractivity contribution in [2.75, 3.05) is 13.1 Å². The molecule has 2 nitrogen and oxygen atoms in total. The minimum atomic E-state index is 0.554. The van der Waals surface area contributed by atoms with E-state index in [9.17, 15) is 0 Å². The van der Waals surface area contributed by atoms with Crippen LogP contribution in [-0.2, 0) is 0 Å². The van der Waals surface area contributed by atoms with Crippen LogP contribution in [0.5, 0.6) is 0 Å². The number of hydrogen-bond acceptors (Lipinski definition) is 2. The minimum absolute atomic E-state index is 0.554. The Morgan fingerprint density at radius 1 is 1.60 bits per heavy atom. The van der Waals surface area contributed by atoms with E-state index < -0.39 is 0 Å². The zero-order chi connectivity index (χ0) is 10.8.